The quantitative estimate of drug-likeness (QED) is 0.168. The summed E-state index contributed by atoms with van der Waals surface area (Å²) in [4.78, 5) is 22.8. The van der Waals surface area contributed by atoms with Gasteiger partial charge in [-0.2, -0.15) is 0 Å². The fourth-order valence-corrected chi connectivity index (χ4v) is 4.17. The summed E-state index contributed by atoms with van der Waals surface area (Å²) in [6.07, 6.45) is 3.47. The Bertz CT molecular complexity index is 1580. The highest BCUT2D eigenvalue weighted by Gasteiger charge is 2.19. The number of rotatable bonds is 8. The number of aromatic hydroxyl groups is 1. The highest BCUT2D eigenvalue weighted by molar-refractivity contribution is 6.04. The number of fused-ring (bicyclic) bond motifs is 1. The van der Waals surface area contributed by atoms with Gasteiger partial charge in [0, 0.05) is 23.5 Å². The zero-order valence-corrected chi connectivity index (χ0v) is 20.3. The topological polar surface area (TPSA) is 137 Å². The Kier molecular flexibility index (Phi) is 6.90. The van der Waals surface area contributed by atoms with Gasteiger partial charge in [-0.3, -0.25) is 9.97 Å². The molecule has 0 spiro atoms. The molecule has 2 aromatic heterocycles. The molecule has 0 aliphatic carbocycles. The van der Waals surface area contributed by atoms with E-state index in [1.807, 2.05) is 42.5 Å². The van der Waals surface area contributed by atoms with Crippen molar-refractivity contribution in [2.75, 3.05) is 10.6 Å². The molecule has 0 atom stereocenters. The van der Waals surface area contributed by atoms with Gasteiger partial charge in [0.2, 0.25) is 0 Å². The van der Waals surface area contributed by atoms with E-state index in [4.69, 9.17) is 5.73 Å². The van der Waals surface area contributed by atoms with Crippen LogP contribution in [0.3, 0.4) is 0 Å². The number of phenols is 1. The zero-order chi connectivity index (χ0) is 26.5. The van der Waals surface area contributed by atoms with Crippen molar-refractivity contribution in [2.45, 2.75) is 13.1 Å². The number of carbonyl (C=O) groups is 1. The van der Waals surface area contributed by atoms with Crippen LogP contribution in [0.1, 0.15) is 21.7 Å². The first kappa shape index (κ1) is 24.4. The van der Waals surface area contributed by atoms with E-state index in [9.17, 15) is 15.0 Å². The van der Waals surface area contributed by atoms with Gasteiger partial charge < -0.3 is 20.8 Å². The number of aromatic carboxylic acids is 1. The molecule has 0 aliphatic rings. The molecular weight excluding hydrogens is 480 g/mol. The van der Waals surface area contributed by atoms with E-state index in [0.29, 0.717) is 35.2 Å². The Morgan fingerprint density at radius 2 is 1.50 bits per heavy atom. The number of carboxylic acids is 1. The van der Waals surface area contributed by atoms with Gasteiger partial charge in [-0.1, -0.05) is 36.4 Å². The molecule has 5 rings (SSSR count). The maximum absolute atomic E-state index is 11.8. The highest BCUT2D eigenvalue weighted by atomic mass is 16.4. The van der Waals surface area contributed by atoms with E-state index in [0.717, 1.165) is 17.1 Å². The molecule has 0 amide bonds. The van der Waals surface area contributed by atoms with Crippen LogP contribution in [0, 0.1) is 0 Å². The average Bonchev–Trinajstić information content (AvgIpc) is 2.93. The molecule has 0 saturated heterocycles. The van der Waals surface area contributed by atoms with Crippen LogP contribution >= 0.6 is 0 Å². The fourth-order valence-electron chi connectivity index (χ4n) is 4.17. The number of pyridine rings is 2. The van der Waals surface area contributed by atoms with E-state index in [2.05, 4.69) is 25.1 Å². The van der Waals surface area contributed by atoms with Crippen molar-refractivity contribution in [3.05, 3.63) is 114 Å². The lowest BCUT2D eigenvalue weighted by molar-refractivity contribution is 0.0694. The van der Waals surface area contributed by atoms with E-state index >= 15 is 0 Å². The molecule has 0 unspecified atom stereocenters. The third-order valence-electron chi connectivity index (χ3n) is 5.98. The third kappa shape index (κ3) is 5.26. The van der Waals surface area contributed by atoms with Gasteiger partial charge in [0.25, 0.3) is 0 Å². The maximum Gasteiger partial charge on any atom is 0.339 e. The molecule has 9 nitrogen and oxygen atoms in total. The number of hydrogen-bond acceptors (Lipinski definition) is 8. The number of nitrogens with two attached hydrogens (primary N) is 1. The van der Waals surface area contributed by atoms with Gasteiger partial charge in [-0.05, 0) is 53.9 Å². The van der Waals surface area contributed by atoms with Crippen molar-refractivity contribution in [1.82, 2.24) is 9.97 Å². The third-order valence-corrected chi connectivity index (χ3v) is 5.98. The molecule has 0 bridgehead atoms. The molecule has 5 aromatic rings. The SMILES string of the molecule is Nc1ccc(N(Cc2ccccn2)Cc2ccccn2)c(N=Nc2c(O)c(C(=O)O)cc3ccccc23)c1. The molecule has 0 saturated carbocycles. The van der Waals surface area contributed by atoms with Crippen molar-refractivity contribution in [2.24, 2.45) is 10.2 Å². The minimum atomic E-state index is -1.26. The number of anilines is 2. The Labute approximate surface area is 218 Å². The van der Waals surface area contributed by atoms with Gasteiger partial charge in [0.15, 0.2) is 5.75 Å². The lowest BCUT2D eigenvalue weighted by Crippen LogP contribution is -2.23. The molecule has 4 N–H and O–H groups in total. The number of carboxylic acid groups (broad SMARTS) is 1. The van der Waals surface area contributed by atoms with Gasteiger partial charge in [-0.25, -0.2) is 4.79 Å². The number of aromatic nitrogens is 2. The summed E-state index contributed by atoms with van der Waals surface area (Å²) in [6.45, 7) is 0.930. The molecule has 188 valence electrons. The smallest absolute Gasteiger partial charge is 0.339 e. The van der Waals surface area contributed by atoms with Crippen molar-refractivity contribution < 1.29 is 15.0 Å². The van der Waals surface area contributed by atoms with Crippen LogP contribution in [0.25, 0.3) is 10.8 Å². The van der Waals surface area contributed by atoms with Crippen LogP contribution in [0.4, 0.5) is 22.7 Å². The van der Waals surface area contributed by atoms with Gasteiger partial charge >= 0.3 is 5.97 Å². The molecule has 38 heavy (non-hydrogen) atoms. The molecule has 9 heteroatoms. The minimum absolute atomic E-state index is 0.0647. The summed E-state index contributed by atoms with van der Waals surface area (Å²) < 4.78 is 0. The monoisotopic (exact) mass is 504 g/mol. The fraction of sp³-hybridized carbons (Fsp3) is 0.0690. The number of azo groups is 1. The van der Waals surface area contributed by atoms with E-state index < -0.39 is 11.7 Å². The number of hydrogen-bond donors (Lipinski definition) is 3. The Hall–Kier alpha value is -5.31. The van der Waals surface area contributed by atoms with Crippen LogP contribution in [0.5, 0.6) is 5.75 Å². The first-order chi connectivity index (χ1) is 18.5. The van der Waals surface area contributed by atoms with Crippen LogP contribution in [-0.2, 0) is 13.1 Å². The Morgan fingerprint density at radius 1 is 0.842 bits per heavy atom. The summed E-state index contributed by atoms with van der Waals surface area (Å²) in [5.74, 6) is -1.71. The van der Waals surface area contributed by atoms with Gasteiger partial charge in [0.05, 0.1) is 30.2 Å². The molecule has 3 aromatic carbocycles. The lowest BCUT2D eigenvalue weighted by atomic mass is 10.0. The molecule has 0 aliphatic heterocycles. The van der Waals surface area contributed by atoms with Crippen molar-refractivity contribution in [3.8, 4) is 5.75 Å². The summed E-state index contributed by atoms with van der Waals surface area (Å²) in [5, 5.41) is 30.4. The standard InChI is InChI=1S/C29H24N6O3/c30-20-11-12-26(35(17-21-8-3-5-13-31-21)18-22-9-4-6-14-32-22)25(16-20)33-34-27-23-10-2-1-7-19(23)15-24(28(27)36)29(37)38/h1-16,36H,17-18,30H2,(H,37,38). The van der Waals surface area contributed by atoms with Crippen molar-refractivity contribution in [1.29, 1.82) is 0 Å². The first-order valence-corrected chi connectivity index (χ1v) is 11.8. The Balaban J connectivity index is 1.61. The summed E-state index contributed by atoms with van der Waals surface area (Å²) in [6, 6.07) is 25.2. The second kappa shape index (κ2) is 10.8. The summed E-state index contributed by atoms with van der Waals surface area (Å²) in [5.41, 5.74) is 9.27. The van der Waals surface area contributed by atoms with E-state index in [1.54, 1.807) is 48.8 Å². The Morgan fingerprint density at radius 3 is 2.13 bits per heavy atom. The summed E-state index contributed by atoms with van der Waals surface area (Å²) >= 11 is 0. The van der Waals surface area contributed by atoms with Crippen LogP contribution in [-0.4, -0.2) is 26.2 Å². The number of benzene rings is 3. The second-order valence-electron chi connectivity index (χ2n) is 8.59. The molecular formula is C29H24N6O3. The largest absolute Gasteiger partial charge is 0.505 e. The number of nitrogens with zero attached hydrogens (tertiary/aromatic N) is 5. The predicted octanol–water partition coefficient (Wildman–Crippen LogP) is 6.24. The van der Waals surface area contributed by atoms with Crippen LogP contribution in [0.15, 0.2) is 108 Å². The molecule has 0 radical (unpaired) electrons. The predicted molar refractivity (Wildman–Crippen MR) is 146 cm³/mol. The van der Waals surface area contributed by atoms with Crippen molar-refractivity contribution >= 4 is 39.5 Å². The molecule has 0 fully saturated rings. The van der Waals surface area contributed by atoms with E-state index in [-0.39, 0.29) is 11.3 Å². The van der Waals surface area contributed by atoms with Crippen LogP contribution < -0.4 is 10.6 Å². The van der Waals surface area contributed by atoms with Gasteiger partial charge in [-0.15, -0.1) is 10.2 Å². The first-order valence-electron chi connectivity index (χ1n) is 11.8. The van der Waals surface area contributed by atoms with Crippen LogP contribution in [0.2, 0.25) is 0 Å². The maximum atomic E-state index is 11.8. The van der Waals surface area contributed by atoms with Crippen molar-refractivity contribution in [3.63, 3.8) is 0 Å². The summed E-state index contributed by atoms with van der Waals surface area (Å²) in [7, 11) is 0. The zero-order valence-electron chi connectivity index (χ0n) is 20.3. The molecule has 2 heterocycles. The lowest BCUT2D eigenvalue weighted by Gasteiger charge is -2.25. The van der Waals surface area contributed by atoms with E-state index in [1.165, 1.54) is 6.07 Å². The minimum Gasteiger partial charge on any atom is -0.505 e. The normalized spacial score (nSPS) is 11.2. The second-order valence-corrected chi connectivity index (χ2v) is 8.59. The highest BCUT2D eigenvalue weighted by Crippen LogP contribution is 2.41. The van der Waals surface area contributed by atoms with Gasteiger partial charge in [0.1, 0.15) is 16.9 Å². The average molecular weight is 505 g/mol. The number of nitrogen functional groups attached to an aromatic ring is 1.